The second kappa shape index (κ2) is 4.41. The van der Waals surface area contributed by atoms with Gasteiger partial charge in [0, 0.05) is 17.6 Å². The van der Waals surface area contributed by atoms with Gasteiger partial charge in [0.05, 0.1) is 0 Å². The molecule has 1 nitrogen and oxygen atoms in total. The Morgan fingerprint density at radius 1 is 1.24 bits per heavy atom. The maximum atomic E-state index is 14.2. The molecular weight excluding hydrogens is 213 g/mol. The minimum absolute atomic E-state index is 0.00227. The van der Waals surface area contributed by atoms with Crippen molar-refractivity contribution in [2.75, 3.05) is 0 Å². The minimum Gasteiger partial charge on any atom is -0.307 e. The van der Waals surface area contributed by atoms with E-state index in [1.54, 1.807) is 0 Å². The number of hydrogen-bond donors (Lipinski definition) is 1. The van der Waals surface area contributed by atoms with Crippen LogP contribution >= 0.6 is 0 Å². The molecule has 2 heteroatoms. The summed E-state index contributed by atoms with van der Waals surface area (Å²) >= 11 is 0. The quantitative estimate of drug-likeness (QED) is 0.835. The summed E-state index contributed by atoms with van der Waals surface area (Å²) in [5.74, 6) is 0.643. The van der Waals surface area contributed by atoms with Crippen LogP contribution in [0.15, 0.2) is 18.2 Å². The predicted molar refractivity (Wildman–Crippen MR) is 67.4 cm³/mol. The van der Waals surface area contributed by atoms with Gasteiger partial charge in [0.25, 0.3) is 0 Å². The lowest BCUT2D eigenvalue weighted by atomic mass is 9.76. The van der Waals surface area contributed by atoms with Crippen LogP contribution < -0.4 is 5.32 Å². The van der Waals surface area contributed by atoms with E-state index in [2.05, 4.69) is 5.32 Å². The summed E-state index contributed by atoms with van der Waals surface area (Å²) in [6, 6.07) is 6.68. The van der Waals surface area contributed by atoms with Crippen LogP contribution in [-0.4, -0.2) is 6.04 Å². The Labute approximate surface area is 102 Å². The van der Waals surface area contributed by atoms with Crippen molar-refractivity contribution in [3.63, 3.8) is 0 Å². The molecule has 0 aromatic heterocycles. The molecule has 1 aromatic rings. The molecule has 1 atom stereocenters. The molecule has 0 spiro atoms. The zero-order valence-corrected chi connectivity index (χ0v) is 10.4. The molecule has 3 rings (SSSR count). The lowest BCUT2D eigenvalue weighted by Crippen LogP contribution is -2.34. The van der Waals surface area contributed by atoms with Gasteiger partial charge >= 0.3 is 0 Å². The number of halogens is 1. The summed E-state index contributed by atoms with van der Waals surface area (Å²) in [4.78, 5) is 0. The molecule has 2 aliphatic rings. The van der Waals surface area contributed by atoms with Crippen molar-refractivity contribution in [2.45, 2.75) is 51.1 Å². The molecule has 17 heavy (non-hydrogen) atoms. The summed E-state index contributed by atoms with van der Waals surface area (Å²) in [6.45, 7) is 1.85. The van der Waals surface area contributed by atoms with E-state index in [1.807, 2.05) is 25.1 Å². The summed E-state index contributed by atoms with van der Waals surface area (Å²) in [5, 5.41) is 3.64. The smallest absolute Gasteiger partial charge is 0.130 e. The van der Waals surface area contributed by atoms with Gasteiger partial charge in [-0.1, -0.05) is 24.6 Å². The van der Waals surface area contributed by atoms with E-state index in [1.165, 1.54) is 32.1 Å². The van der Waals surface area contributed by atoms with Gasteiger partial charge in [-0.25, -0.2) is 4.39 Å². The van der Waals surface area contributed by atoms with Crippen molar-refractivity contribution in [3.05, 3.63) is 35.1 Å². The highest BCUT2D eigenvalue weighted by Gasteiger charge is 2.34. The summed E-state index contributed by atoms with van der Waals surface area (Å²) in [6.07, 6.45) is 6.32. The van der Waals surface area contributed by atoms with E-state index >= 15 is 0 Å². The average Bonchev–Trinajstić information content (AvgIpc) is 3.02. The van der Waals surface area contributed by atoms with Gasteiger partial charge in [0.1, 0.15) is 5.82 Å². The highest BCUT2D eigenvalue weighted by Crippen LogP contribution is 2.40. The van der Waals surface area contributed by atoms with Gasteiger partial charge < -0.3 is 5.32 Å². The number of rotatable bonds is 4. The first kappa shape index (κ1) is 11.2. The molecule has 1 unspecified atom stereocenters. The second-order valence-electron chi connectivity index (χ2n) is 5.59. The van der Waals surface area contributed by atoms with Gasteiger partial charge in [-0.3, -0.25) is 0 Å². The Morgan fingerprint density at radius 2 is 2.00 bits per heavy atom. The molecule has 0 aliphatic heterocycles. The molecule has 1 N–H and O–H groups in total. The fourth-order valence-electron chi connectivity index (χ4n) is 2.67. The Bertz CT molecular complexity index is 407. The molecule has 0 radical (unpaired) electrons. The van der Waals surface area contributed by atoms with Crippen LogP contribution in [-0.2, 0) is 0 Å². The Hall–Kier alpha value is -0.890. The van der Waals surface area contributed by atoms with Gasteiger partial charge in [-0.2, -0.15) is 0 Å². The third-order valence-corrected chi connectivity index (χ3v) is 4.17. The molecule has 0 amide bonds. The molecule has 0 saturated heterocycles. The number of nitrogens with one attached hydrogen (secondary N) is 1. The van der Waals surface area contributed by atoms with Crippen molar-refractivity contribution in [3.8, 4) is 0 Å². The molecular formula is C15H20FN. The fraction of sp³-hybridized carbons (Fsp3) is 0.600. The predicted octanol–water partition coefficient (Wildman–Crippen LogP) is 3.73. The fourth-order valence-corrected chi connectivity index (χ4v) is 2.67. The number of hydrogen-bond acceptors (Lipinski definition) is 1. The largest absolute Gasteiger partial charge is 0.307 e. The normalized spacial score (nSPS) is 22.2. The summed E-state index contributed by atoms with van der Waals surface area (Å²) in [5.41, 5.74) is 1.66. The highest BCUT2D eigenvalue weighted by atomic mass is 19.1. The van der Waals surface area contributed by atoms with Crippen LogP contribution in [0.2, 0.25) is 0 Å². The van der Waals surface area contributed by atoms with Crippen molar-refractivity contribution in [2.24, 2.45) is 5.92 Å². The van der Waals surface area contributed by atoms with Gasteiger partial charge in [0.2, 0.25) is 0 Å². The van der Waals surface area contributed by atoms with Crippen molar-refractivity contribution in [1.29, 1.82) is 0 Å². The SMILES string of the molecule is Cc1cccc(C(NC2CC2)C2CCC2)c1F. The van der Waals surface area contributed by atoms with E-state index in [-0.39, 0.29) is 11.9 Å². The monoisotopic (exact) mass is 233 g/mol. The third kappa shape index (κ3) is 2.23. The Morgan fingerprint density at radius 3 is 2.59 bits per heavy atom. The second-order valence-corrected chi connectivity index (χ2v) is 5.59. The summed E-state index contributed by atoms with van der Waals surface area (Å²) < 4.78 is 14.2. The first-order valence-corrected chi connectivity index (χ1v) is 6.77. The maximum Gasteiger partial charge on any atom is 0.130 e. The van der Waals surface area contributed by atoms with Crippen LogP contribution in [0.1, 0.15) is 49.3 Å². The van der Waals surface area contributed by atoms with E-state index in [9.17, 15) is 4.39 Å². The van der Waals surface area contributed by atoms with E-state index < -0.39 is 0 Å². The average molecular weight is 233 g/mol. The van der Waals surface area contributed by atoms with E-state index in [0.717, 1.165) is 11.1 Å². The molecule has 92 valence electrons. The highest BCUT2D eigenvalue weighted by molar-refractivity contribution is 5.28. The van der Waals surface area contributed by atoms with Gasteiger partial charge in [-0.05, 0) is 44.1 Å². The number of benzene rings is 1. The Kier molecular flexibility index (Phi) is 2.91. The molecule has 2 fully saturated rings. The topological polar surface area (TPSA) is 12.0 Å². The third-order valence-electron chi connectivity index (χ3n) is 4.17. The van der Waals surface area contributed by atoms with E-state index in [0.29, 0.717) is 12.0 Å². The van der Waals surface area contributed by atoms with E-state index in [4.69, 9.17) is 0 Å². The zero-order valence-electron chi connectivity index (χ0n) is 10.4. The zero-order chi connectivity index (χ0) is 11.8. The first-order valence-electron chi connectivity index (χ1n) is 6.77. The molecule has 1 aromatic carbocycles. The Balaban J connectivity index is 1.87. The van der Waals surface area contributed by atoms with Crippen molar-refractivity contribution in [1.82, 2.24) is 5.32 Å². The van der Waals surface area contributed by atoms with Crippen LogP contribution in [0.5, 0.6) is 0 Å². The lowest BCUT2D eigenvalue weighted by molar-refractivity contribution is 0.225. The standard InChI is InChI=1S/C15H20FN/c1-10-4-2-7-13(14(10)16)15(11-5-3-6-11)17-12-8-9-12/h2,4,7,11-12,15,17H,3,5-6,8-9H2,1H3. The summed E-state index contributed by atoms with van der Waals surface area (Å²) in [7, 11) is 0. The van der Waals surface area contributed by atoms with Crippen LogP contribution in [0.25, 0.3) is 0 Å². The van der Waals surface area contributed by atoms with Crippen molar-refractivity contribution >= 4 is 0 Å². The molecule has 2 aliphatic carbocycles. The van der Waals surface area contributed by atoms with Crippen molar-refractivity contribution < 1.29 is 4.39 Å². The van der Waals surface area contributed by atoms with Crippen LogP contribution in [0, 0.1) is 18.7 Å². The van der Waals surface area contributed by atoms with Gasteiger partial charge in [-0.15, -0.1) is 0 Å². The molecule has 2 saturated carbocycles. The number of aryl methyl sites for hydroxylation is 1. The molecule has 0 heterocycles. The lowest BCUT2D eigenvalue weighted by Gasteiger charge is -2.35. The van der Waals surface area contributed by atoms with Crippen LogP contribution in [0.3, 0.4) is 0 Å². The first-order chi connectivity index (χ1) is 8.25. The minimum atomic E-state index is -0.00227. The van der Waals surface area contributed by atoms with Gasteiger partial charge in [0.15, 0.2) is 0 Å². The maximum absolute atomic E-state index is 14.2. The van der Waals surface area contributed by atoms with Crippen LogP contribution in [0.4, 0.5) is 4.39 Å². The molecule has 0 bridgehead atoms.